The first-order chi connectivity index (χ1) is 13.5. The highest BCUT2D eigenvalue weighted by molar-refractivity contribution is 5.68. The zero-order valence-electron chi connectivity index (χ0n) is 16.4. The van der Waals surface area contributed by atoms with Crippen molar-refractivity contribution in [2.75, 3.05) is 13.2 Å². The summed E-state index contributed by atoms with van der Waals surface area (Å²) < 4.78 is 31.3. The van der Waals surface area contributed by atoms with E-state index in [2.05, 4.69) is 0 Å². The highest BCUT2D eigenvalue weighted by atomic mass is 16.7. The second kappa shape index (κ2) is 11.3. The number of ether oxygens (including phenoxy) is 6. The van der Waals surface area contributed by atoms with E-state index in [-0.39, 0.29) is 0 Å². The quantitative estimate of drug-likeness (QED) is 0.290. The van der Waals surface area contributed by atoms with Crippen LogP contribution in [0.15, 0.2) is 0 Å². The summed E-state index contributed by atoms with van der Waals surface area (Å²) in [5.41, 5.74) is 0. The molecule has 0 spiro atoms. The molecule has 12 nitrogen and oxygen atoms in total. The number of rotatable bonds is 8. The third-order valence-electron chi connectivity index (χ3n) is 3.52. The van der Waals surface area contributed by atoms with Gasteiger partial charge in [-0.1, -0.05) is 0 Å². The molecule has 1 rings (SSSR count). The van der Waals surface area contributed by atoms with Crippen molar-refractivity contribution in [3.63, 3.8) is 0 Å². The van der Waals surface area contributed by atoms with Gasteiger partial charge in [0.2, 0.25) is 0 Å². The lowest BCUT2D eigenvalue weighted by molar-refractivity contribution is -0.310. The Hall–Kier alpha value is -2.75. The van der Waals surface area contributed by atoms with E-state index in [1.165, 1.54) is 6.07 Å². The van der Waals surface area contributed by atoms with Crippen LogP contribution in [0.25, 0.3) is 0 Å². The van der Waals surface area contributed by atoms with Crippen LogP contribution in [0.2, 0.25) is 0 Å². The average molecular weight is 417 g/mol. The highest BCUT2D eigenvalue weighted by Gasteiger charge is 2.52. The summed E-state index contributed by atoms with van der Waals surface area (Å²) in [4.78, 5) is 45.9. The Balaban J connectivity index is 3.26. The molecule has 1 heterocycles. The fourth-order valence-electron chi connectivity index (χ4n) is 2.55. The molecule has 0 radical (unpaired) electrons. The molecule has 1 N–H and O–H groups in total. The van der Waals surface area contributed by atoms with E-state index in [9.17, 15) is 24.3 Å². The molecule has 0 aromatic heterocycles. The molecule has 0 aliphatic carbocycles. The Morgan fingerprint density at radius 3 is 1.93 bits per heavy atom. The Morgan fingerprint density at radius 1 is 0.931 bits per heavy atom. The van der Waals surface area contributed by atoms with E-state index in [0.29, 0.717) is 0 Å². The minimum Gasteiger partial charge on any atom is -0.463 e. The van der Waals surface area contributed by atoms with Gasteiger partial charge in [-0.3, -0.25) is 19.2 Å². The van der Waals surface area contributed by atoms with Gasteiger partial charge in [0.15, 0.2) is 30.7 Å². The van der Waals surface area contributed by atoms with Crippen LogP contribution < -0.4 is 0 Å². The van der Waals surface area contributed by atoms with E-state index in [1.54, 1.807) is 0 Å². The zero-order chi connectivity index (χ0) is 22.1. The molecule has 29 heavy (non-hydrogen) atoms. The number of hydrogen-bond donors (Lipinski definition) is 1. The smallest absolute Gasteiger partial charge is 0.303 e. The van der Waals surface area contributed by atoms with Crippen molar-refractivity contribution in [1.82, 2.24) is 0 Å². The van der Waals surface area contributed by atoms with Crippen LogP contribution >= 0.6 is 0 Å². The molecule has 162 valence electrons. The summed E-state index contributed by atoms with van der Waals surface area (Å²) in [6, 6.07) is 1.53. The van der Waals surface area contributed by atoms with Crippen LogP contribution in [0.3, 0.4) is 0 Å². The maximum absolute atomic E-state index is 11.6. The van der Waals surface area contributed by atoms with Gasteiger partial charge in [0.05, 0.1) is 12.7 Å². The number of nitrogens with zero attached hydrogens (tertiary/aromatic N) is 1. The van der Waals surface area contributed by atoms with Crippen LogP contribution in [0, 0.1) is 11.3 Å². The Bertz CT molecular complexity index is 658. The number of esters is 4. The minimum absolute atomic E-state index is 0.404. The molecule has 6 atom stereocenters. The first-order valence-corrected chi connectivity index (χ1v) is 8.54. The van der Waals surface area contributed by atoms with Crippen molar-refractivity contribution in [2.45, 2.75) is 64.5 Å². The number of carbonyl (C=O) groups excluding carboxylic acids is 4. The summed E-state index contributed by atoms with van der Waals surface area (Å²) in [6.07, 6.45) is -8.19. The lowest BCUT2D eigenvalue weighted by Gasteiger charge is -2.44. The number of hydrogen-bond acceptors (Lipinski definition) is 12. The molecule has 0 saturated carbocycles. The van der Waals surface area contributed by atoms with Gasteiger partial charge in [0.1, 0.15) is 12.7 Å². The van der Waals surface area contributed by atoms with Crippen LogP contribution in [0.5, 0.6) is 0 Å². The van der Waals surface area contributed by atoms with Gasteiger partial charge in [-0.2, -0.15) is 5.26 Å². The molecule has 0 bridgehead atoms. The number of aliphatic hydroxyl groups is 1. The van der Waals surface area contributed by atoms with Gasteiger partial charge in [-0.15, -0.1) is 0 Å². The Morgan fingerprint density at radius 2 is 1.45 bits per heavy atom. The summed E-state index contributed by atoms with van der Waals surface area (Å²) in [5.74, 6) is -2.98. The number of carbonyl (C=O) groups is 4. The maximum Gasteiger partial charge on any atom is 0.303 e. The monoisotopic (exact) mass is 417 g/mol. The Kier molecular flexibility index (Phi) is 9.46. The third kappa shape index (κ3) is 8.02. The first-order valence-electron chi connectivity index (χ1n) is 8.54. The minimum atomic E-state index is -1.51. The van der Waals surface area contributed by atoms with Gasteiger partial charge in [0.25, 0.3) is 0 Å². The molecule has 12 heteroatoms. The fraction of sp³-hybridized carbons (Fsp3) is 0.706. The molecule has 0 unspecified atom stereocenters. The second-order valence-electron chi connectivity index (χ2n) is 6.05. The van der Waals surface area contributed by atoms with Crippen LogP contribution in [0.4, 0.5) is 0 Å². The van der Waals surface area contributed by atoms with E-state index in [1.807, 2.05) is 0 Å². The molecule has 0 aromatic carbocycles. The van der Waals surface area contributed by atoms with Crippen LogP contribution in [0.1, 0.15) is 27.7 Å². The molecule has 1 saturated heterocycles. The van der Waals surface area contributed by atoms with Crippen molar-refractivity contribution in [3.05, 3.63) is 0 Å². The normalized spacial score (nSPS) is 27.1. The lowest BCUT2D eigenvalue weighted by atomic mass is 9.98. The summed E-state index contributed by atoms with van der Waals surface area (Å²) in [5, 5.41) is 18.1. The molecule has 0 aromatic rings. The second-order valence-corrected chi connectivity index (χ2v) is 6.05. The molecule has 1 aliphatic heterocycles. The van der Waals surface area contributed by atoms with Gasteiger partial charge in [-0.25, -0.2) is 0 Å². The molecule has 0 amide bonds. The lowest BCUT2D eigenvalue weighted by Crippen LogP contribution is -2.63. The Labute approximate surface area is 166 Å². The van der Waals surface area contributed by atoms with Gasteiger partial charge in [0, 0.05) is 27.7 Å². The van der Waals surface area contributed by atoms with E-state index in [0.717, 1.165) is 27.7 Å². The van der Waals surface area contributed by atoms with Gasteiger partial charge in [-0.05, 0) is 0 Å². The van der Waals surface area contributed by atoms with Crippen LogP contribution in [-0.2, 0) is 47.6 Å². The molecule has 1 aliphatic rings. The predicted molar refractivity (Wildman–Crippen MR) is 89.5 cm³/mol. The van der Waals surface area contributed by atoms with Crippen LogP contribution in [-0.4, -0.2) is 79.0 Å². The van der Waals surface area contributed by atoms with Crippen molar-refractivity contribution in [1.29, 1.82) is 5.26 Å². The summed E-state index contributed by atoms with van der Waals surface area (Å²) >= 11 is 0. The van der Waals surface area contributed by atoms with Crippen molar-refractivity contribution < 1.29 is 52.7 Å². The van der Waals surface area contributed by atoms with Gasteiger partial charge >= 0.3 is 23.9 Å². The largest absolute Gasteiger partial charge is 0.463 e. The van der Waals surface area contributed by atoms with Gasteiger partial charge < -0.3 is 33.5 Å². The highest BCUT2D eigenvalue weighted by Crippen LogP contribution is 2.30. The number of aliphatic hydroxyl groups excluding tert-OH is 1. The first kappa shape index (κ1) is 24.3. The van der Waals surface area contributed by atoms with E-state index in [4.69, 9.17) is 33.7 Å². The maximum atomic E-state index is 11.6. The molecule has 1 fully saturated rings. The van der Waals surface area contributed by atoms with Crippen molar-refractivity contribution in [2.24, 2.45) is 0 Å². The van der Waals surface area contributed by atoms with E-state index < -0.39 is 73.9 Å². The summed E-state index contributed by atoms with van der Waals surface area (Å²) in [7, 11) is 0. The number of nitriles is 1. The fourth-order valence-corrected chi connectivity index (χ4v) is 2.55. The zero-order valence-corrected chi connectivity index (χ0v) is 16.4. The predicted octanol–water partition coefficient (Wildman–Crippen LogP) is -1.03. The standard InChI is InChI=1S/C17H23NO11/c1-8(19)24-7-13-14(26-9(2)20)15(27-10(3)21)16(28-11(4)22)17(29-13)25-6-12(23)5-18/h12-17,23H,6-7H2,1-4H3/t12-,13-,14-,15+,16+,17+/m0/s1. The van der Waals surface area contributed by atoms with Crippen molar-refractivity contribution >= 4 is 23.9 Å². The topological polar surface area (TPSA) is 168 Å². The van der Waals surface area contributed by atoms with E-state index >= 15 is 0 Å². The average Bonchev–Trinajstić information content (AvgIpc) is 2.60. The SMILES string of the molecule is CC(=O)OC[C@@H]1O[C@@H](OC[C@@H](O)C#N)[C@H](OC(C)=O)[C@H](OC(C)=O)[C@H]1OC(C)=O. The summed E-state index contributed by atoms with van der Waals surface area (Å²) in [6.45, 7) is 3.48. The van der Waals surface area contributed by atoms with Crippen molar-refractivity contribution in [3.8, 4) is 6.07 Å². The molecular weight excluding hydrogens is 394 g/mol. The third-order valence-corrected chi connectivity index (χ3v) is 3.52. The molecular formula is C17H23NO11.